The quantitative estimate of drug-likeness (QED) is 0.172. The lowest BCUT2D eigenvalue weighted by atomic mass is 9.88. The number of non-ortho nitro benzene ring substituents is 1. The third-order valence-electron chi connectivity index (χ3n) is 5.19. The van der Waals surface area contributed by atoms with Crippen molar-refractivity contribution in [3.63, 3.8) is 0 Å². The Morgan fingerprint density at radius 3 is 2.19 bits per heavy atom. The van der Waals surface area contributed by atoms with Gasteiger partial charge in [-0.15, -0.1) is 0 Å². The highest BCUT2D eigenvalue weighted by molar-refractivity contribution is 5.90. The van der Waals surface area contributed by atoms with Gasteiger partial charge in [-0.1, -0.05) is 42.5 Å². The Bertz CT molecular complexity index is 1090. The summed E-state index contributed by atoms with van der Waals surface area (Å²) in [4.78, 5) is 59.5. The Balaban J connectivity index is 2.18. The van der Waals surface area contributed by atoms with Gasteiger partial charge in [0.15, 0.2) is 0 Å². The lowest BCUT2D eigenvalue weighted by Gasteiger charge is -2.26. The first-order valence-corrected chi connectivity index (χ1v) is 11.2. The number of hydrogen-bond donors (Lipinski definition) is 4. The molecule has 0 aliphatic carbocycles. The molecule has 0 aliphatic rings. The third kappa shape index (κ3) is 8.89. The number of ether oxygens (including phenoxy) is 2. The molecule has 0 bridgehead atoms. The van der Waals surface area contributed by atoms with Gasteiger partial charge < -0.3 is 30.3 Å². The van der Waals surface area contributed by atoms with Crippen LogP contribution in [0.4, 0.5) is 10.5 Å². The molecule has 0 unspecified atom stereocenters. The predicted molar refractivity (Wildman–Crippen MR) is 127 cm³/mol. The van der Waals surface area contributed by atoms with Crippen LogP contribution in [-0.2, 0) is 30.5 Å². The zero-order chi connectivity index (χ0) is 27.4. The van der Waals surface area contributed by atoms with Gasteiger partial charge in [0.25, 0.3) is 5.69 Å². The Morgan fingerprint density at radius 2 is 1.65 bits per heavy atom. The van der Waals surface area contributed by atoms with Gasteiger partial charge in [0, 0.05) is 18.1 Å². The molecule has 13 nitrogen and oxygen atoms in total. The summed E-state index contributed by atoms with van der Waals surface area (Å²) < 4.78 is 9.93. The molecule has 4 N–H and O–H groups in total. The van der Waals surface area contributed by atoms with E-state index in [2.05, 4.69) is 10.6 Å². The van der Waals surface area contributed by atoms with E-state index in [-0.39, 0.29) is 24.5 Å². The van der Waals surface area contributed by atoms with Gasteiger partial charge in [-0.3, -0.25) is 19.7 Å². The van der Waals surface area contributed by atoms with Gasteiger partial charge in [-0.05, 0) is 18.1 Å². The molecule has 13 heteroatoms. The van der Waals surface area contributed by atoms with Crippen molar-refractivity contribution in [2.75, 3.05) is 13.2 Å². The number of carboxylic acids is 1. The molecule has 0 heterocycles. The number of hydrogen-bond acceptors (Lipinski definition) is 9. The van der Waals surface area contributed by atoms with E-state index in [9.17, 15) is 39.5 Å². The van der Waals surface area contributed by atoms with E-state index in [1.807, 2.05) is 0 Å². The molecule has 0 aromatic heterocycles. The molecule has 0 aliphatic heterocycles. The third-order valence-corrected chi connectivity index (χ3v) is 5.19. The fourth-order valence-corrected chi connectivity index (χ4v) is 3.36. The highest BCUT2D eigenvalue weighted by atomic mass is 16.6. The smallest absolute Gasteiger partial charge is 0.408 e. The monoisotopic (exact) mass is 517 g/mol. The molecule has 0 spiro atoms. The van der Waals surface area contributed by atoms with Crippen LogP contribution in [0.25, 0.3) is 0 Å². The summed E-state index contributed by atoms with van der Waals surface area (Å²) in [5.74, 6) is -4.52. The van der Waals surface area contributed by atoms with Gasteiger partial charge in [0.2, 0.25) is 5.91 Å². The second kappa shape index (κ2) is 14.1. The van der Waals surface area contributed by atoms with E-state index in [0.717, 1.165) is 12.1 Å². The number of aliphatic hydroxyl groups excluding tert-OH is 1. The fourth-order valence-electron chi connectivity index (χ4n) is 3.36. The van der Waals surface area contributed by atoms with E-state index in [1.165, 1.54) is 12.1 Å². The highest BCUT2D eigenvalue weighted by Crippen LogP contribution is 2.27. The number of alkyl carbamates (subject to hydrolysis) is 1. The van der Waals surface area contributed by atoms with Crippen molar-refractivity contribution in [3.8, 4) is 0 Å². The molecule has 0 saturated carbocycles. The Morgan fingerprint density at radius 1 is 1.00 bits per heavy atom. The number of aliphatic hydroxyl groups is 1. The molecular formula is C24H27N3O10. The highest BCUT2D eigenvalue weighted by Gasteiger charge is 2.35. The van der Waals surface area contributed by atoms with E-state index in [1.54, 1.807) is 37.3 Å². The second-order valence-electron chi connectivity index (χ2n) is 7.73. The summed E-state index contributed by atoms with van der Waals surface area (Å²) >= 11 is 0. The standard InChI is InChI=1S/C24H27N3O10/c1-2-36-20(29)12-18(16-8-10-17(11-9-16)27(34)35)21(23(31)32)26-22(30)19(13-28)25-24(33)37-14-15-6-4-3-5-7-15/h3-11,18-19,21,28H,2,12-14H2,1H3,(H,25,33)(H,26,30)(H,31,32)/t18-,19-,21-/m0/s1. The average Bonchev–Trinajstić information content (AvgIpc) is 2.88. The summed E-state index contributed by atoms with van der Waals surface area (Å²) in [5, 5.41) is 34.8. The van der Waals surface area contributed by atoms with Crippen molar-refractivity contribution in [2.24, 2.45) is 0 Å². The van der Waals surface area contributed by atoms with Crippen LogP contribution in [0.5, 0.6) is 0 Å². The molecule has 0 saturated heterocycles. The normalized spacial score (nSPS) is 12.9. The van der Waals surface area contributed by atoms with Crippen LogP contribution in [0.2, 0.25) is 0 Å². The van der Waals surface area contributed by atoms with Gasteiger partial charge >= 0.3 is 18.0 Å². The van der Waals surface area contributed by atoms with Crippen LogP contribution in [0.1, 0.15) is 30.4 Å². The Kier molecular flexibility index (Phi) is 11.0. The van der Waals surface area contributed by atoms with E-state index >= 15 is 0 Å². The summed E-state index contributed by atoms with van der Waals surface area (Å²) in [5.41, 5.74) is 0.633. The summed E-state index contributed by atoms with van der Waals surface area (Å²) in [7, 11) is 0. The zero-order valence-electron chi connectivity index (χ0n) is 19.9. The Hall–Kier alpha value is -4.52. The van der Waals surface area contributed by atoms with Crippen molar-refractivity contribution in [2.45, 2.75) is 38.0 Å². The van der Waals surface area contributed by atoms with Crippen molar-refractivity contribution < 1.29 is 43.8 Å². The molecule has 3 atom stereocenters. The first-order valence-electron chi connectivity index (χ1n) is 11.2. The summed E-state index contributed by atoms with van der Waals surface area (Å²) in [6, 6.07) is 10.2. The number of nitrogens with one attached hydrogen (secondary N) is 2. The molecule has 2 rings (SSSR count). The molecule has 198 valence electrons. The molecule has 2 amide bonds. The molecular weight excluding hydrogens is 490 g/mol. The topological polar surface area (TPSA) is 194 Å². The average molecular weight is 517 g/mol. The summed E-state index contributed by atoms with van der Waals surface area (Å²) in [6.07, 6.45) is -1.50. The van der Waals surface area contributed by atoms with Crippen LogP contribution < -0.4 is 10.6 Å². The lowest BCUT2D eigenvalue weighted by Crippen LogP contribution is -2.54. The SMILES string of the molecule is CCOC(=O)C[C@@H](c1ccc([N+](=O)[O-])cc1)[C@H](NC(=O)[C@H](CO)NC(=O)OCc1ccccc1)C(=O)O. The van der Waals surface area contributed by atoms with E-state index in [4.69, 9.17) is 9.47 Å². The maximum Gasteiger partial charge on any atom is 0.408 e. The Labute approximate surface area is 211 Å². The lowest BCUT2D eigenvalue weighted by molar-refractivity contribution is -0.384. The number of amides is 2. The number of carbonyl (C=O) groups excluding carboxylic acids is 3. The largest absolute Gasteiger partial charge is 0.480 e. The molecule has 2 aromatic rings. The number of aliphatic carboxylic acids is 1. The van der Waals surface area contributed by atoms with Gasteiger partial charge in [-0.2, -0.15) is 0 Å². The van der Waals surface area contributed by atoms with Crippen LogP contribution in [0.3, 0.4) is 0 Å². The number of rotatable bonds is 13. The van der Waals surface area contributed by atoms with Crippen molar-refractivity contribution >= 4 is 29.6 Å². The number of carbonyl (C=O) groups is 4. The van der Waals surface area contributed by atoms with Crippen molar-refractivity contribution in [1.82, 2.24) is 10.6 Å². The van der Waals surface area contributed by atoms with Crippen LogP contribution in [0.15, 0.2) is 54.6 Å². The first kappa shape index (κ1) is 28.7. The van der Waals surface area contributed by atoms with Gasteiger partial charge in [0.1, 0.15) is 18.7 Å². The number of nitrogens with zero attached hydrogens (tertiary/aromatic N) is 1. The summed E-state index contributed by atoms with van der Waals surface area (Å²) in [6.45, 7) is 0.603. The van der Waals surface area contributed by atoms with E-state index < -0.39 is 59.9 Å². The maximum absolute atomic E-state index is 12.8. The number of esters is 1. The maximum atomic E-state index is 12.8. The van der Waals surface area contributed by atoms with Crippen molar-refractivity contribution in [3.05, 3.63) is 75.8 Å². The number of benzene rings is 2. The fraction of sp³-hybridized carbons (Fsp3) is 0.333. The molecule has 0 radical (unpaired) electrons. The van der Waals surface area contributed by atoms with E-state index in [0.29, 0.717) is 5.56 Å². The minimum absolute atomic E-state index is 0.0253. The van der Waals surface area contributed by atoms with Gasteiger partial charge in [-0.25, -0.2) is 9.59 Å². The molecule has 37 heavy (non-hydrogen) atoms. The van der Waals surface area contributed by atoms with Crippen LogP contribution in [0, 0.1) is 10.1 Å². The number of nitro groups is 1. The minimum atomic E-state index is -1.71. The van der Waals surface area contributed by atoms with Gasteiger partial charge in [0.05, 0.1) is 24.6 Å². The zero-order valence-corrected chi connectivity index (χ0v) is 19.9. The first-order chi connectivity index (χ1) is 17.7. The molecule has 0 fully saturated rings. The van der Waals surface area contributed by atoms with Crippen molar-refractivity contribution in [1.29, 1.82) is 0 Å². The number of nitro benzene ring substituents is 1. The second-order valence-corrected chi connectivity index (χ2v) is 7.73. The minimum Gasteiger partial charge on any atom is -0.480 e. The van der Waals surface area contributed by atoms with Crippen LogP contribution >= 0.6 is 0 Å². The molecule has 2 aromatic carbocycles. The number of carboxylic acid groups (broad SMARTS) is 1. The predicted octanol–water partition coefficient (Wildman–Crippen LogP) is 1.49. The van der Waals surface area contributed by atoms with Crippen LogP contribution in [-0.4, -0.2) is 64.4 Å².